The number of anilines is 1. The van der Waals surface area contributed by atoms with Crippen LogP contribution in [0, 0.1) is 11.8 Å². The molecule has 2 rings (SSSR count). The monoisotopic (exact) mass is 388 g/mol. The van der Waals surface area contributed by atoms with E-state index in [9.17, 15) is 18.0 Å². The van der Waals surface area contributed by atoms with Gasteiger partial charge in [0.25, 0.3) is 0 Å². The van der Waals surface area contributed by atoms with E-state index in [-0.39, 0.29) is 23.8 Å². The Labute approximate surface area is 155 Å². The molecule has 0 aromatic carbocycles. The summed E-state index contributed by atoms with van der Waals surface area (Å²) in [5.41, 5.74) is -0.997. The fraction of sp³-hybridized carbons (Fsp3) is 0.625. The average molecular weight is 388 g/mol. The molecule has 8 nitrogen and oxygen atoms in total. The van der Waals surface area contributed by atoms with Gasteiger partial charge in [-0.1, -0.05) is 6.92 Å². The van der Waals surface area contributed by atoms with Gasteiger partial charge in [0.05, 0.1) is 13.0 Å². The molecule has 1 fully saturated rings. The number of halogens is 3. The summed E-state index contributed by atoms with van der Waals surface area (Å²) in [6.45, 7) is 3.81. The topological polar surface area (TPSA) is 91.7 Å². The van der Waals surface area contributed by atoms with Gasteiger partial charge in [-0.05, 0) is 12.0 Å². The van der Waals surface area contributed by atoms with Crippen molar-refractivity contribution in [2.45, 2.75) is 13.1 Å². The molecule has 27 heavy (non-hydrogen) atoms. The molecule has 1 saturated heterocycles. The van der Waals surface area contributed by atoms with Crippen molar-refractivity contribution in [2.24, 2.45) is 16.8 Å². The van der Waals surface area contributed by atoms with Crippen LogP contribution in [-0.2, 0) is 15.7 Å². The quantitative estimate of drug-likeness (QED) is 0.339. The van der Waals surface area contributed by atoms with Gasteiger partial charge in [0.15, 0.2) is 5.96 Å². The maximum Gasteiger partial charge on any atom is 0.433 e. The smallest absolute Gasteiger partial charge is 0.433 e. The first kappa shape index (κ1) is 20.7. The second-order valence-corrected chi connectivity index (χ2v) is 6.18. The largest absolute Gasteiger partial charge is 0.469 e. The molecular formula is C16H23F3N6O2. The highest BCUT2D eigenvalue weighted by molar-refractivity contribution is 5.82. The molecule has 0 spiro atoms. The minimum atomic E-state index is -4.51. The first-order valence-electron chi connectivity index (χ1n) is 8.43. The molecule has 1 aliphatic rings. The van der Waals surface area contributed by atoms with Gasteiger partial charge in [0.1, 0.15) is 5.69 Å². The lowest BCUT2D eigenvalue weighted by atomic mass is 9.99. The first-order chi connectivity index (χ1) is 12.8. The Bertz CT molecular complexity index is 682. The van der Waals surface area contributed by atoms with Gasteiger partial charge in [-0.3, -0.25) is 9.79 Å². The molecule has 2 N–H and O–H groups in total. The van der Waals surface area contributed by atoms with Gasteiger partial charge in [-0.25, -0.2) is 9.97 Å². The Morgan fingerprint density at radius 1 is 1.41 bits per heavy atom. The van der Waals surface area contributed by atoms with E-state index < -0.39 is 11.9 Å². The predicted molar refractivity (Wildman–Crippen MR) is 93.1 cm³/mol. The lowest BCUT2D eigenvalue weighted by Gasteiger charge is -2.21. The third kappa shape index (κ3) is 5.44. The second-order valence-electron chi connectivity index (χ2n) is 6.18. The fourth-order valence-electron chi connectivity index (χ4n) is 2.88. The standard InChI is InChI=1S/C16H23F3N6O2/c1-10-8-25(9-11(10)13(26)27-3)15(20-2)23-7-6-22-14-21-5-4-12(24-14)16(17,18)19/h4-5,10-11H,6-9H2,1-3H3,(H,20,23)(H,21,22,24). The highest BCUT2D eigenvalue weighted by Crippen LogP contribution is 2.27. The fourth-order valence-corrected chi connectivity index (χ4v) is 2.88. The molecule has 2 unspecified atom stereocenters. The highest BCUT2D eigenvalue weighted by Gasteiger charge is 2.36. The second kappa shape index (κ2) is 8.87. The Hall–Kier alpha value is -2.59. The number of guanidine groups is 1. The molecule has 1 aliphatic heterocycles. The van der Waals surface area contributed by atoms with E-state index in [1.54, 1.807) is 7.05 Å². The zero-order valence-electron chi connectivity index (χ0n) is 15.4. The maximum absolute atomic E-state index is 12.6. The summed E-state index contributed by atoms with van der Waals surface area (Å²) in [5, 5.41) is 5.85. The maximum atomic E-state index is 12.6. The van der Waals surface area contributed by atoms with Crippen LogP contribution in [0.1, 0.15) is 12.6 Å². The summed E-state index contributed by atoms with van der Waals surface area (Å²) in [4.78, 5) is 25.1. The lowest BCUT2D eigenvalue weighted by Crippen LogP contribution is -2.42. The van der Waals surface area contributed by atoms with Crippen molar-refractivity contribution in [2.75, 3.05) is 45.7 Å². The molecule has 0 aliphatic carbocycles. The molecule has 11 heteroatoms. The zero-order valence-corrected chi connectivity index (χ0v) is 15.4. The molecule has 0 saturated carbocycles. The Morgan fingerprint density at radius 3 is 2.78 bits per heavy atom. The minimum Gasteiger partial charge on any atom is -0.469 e. The third-order valence-corrected chi connectivity index (χ3v) is 4.26. The van der Waals surface area contributed by atoms with E-state index >= 15 is 0 Å². The highest BCUT2D eigenvalue weighted by atomic mass is 19.4. The number of alkyl halides is 3. The lowest BCUT2D eigenvalue weighted by molar-refractivity contribution is -0.146. The van der Waals surface area contributed by atoms with E-state index in [4.69, 9.17) is 4.74 Å². The number of hydrogen-bond donors (Lipinski definition) is 2. The third-order valence-electron chi connectivity index (χ3n) is 4.26. The molecule has 0 bridgehead atoms. The number of aliphatic imine (C=N–C) groups is 1. The van der Waals surface area contributed by atoms with Gasteiger partial charge < -0.3 is 20.3 Å². The summed E-state index contributed by atoms with van der Waals surface area (Å²) in [7, 11) is 2.99. The number of ether oxygens (including phenoxy) is 1. The van der Waals surface area contributed by atoms with Crippen molar-refractivity contribution in [3.63, 3.8) is 0 Å². The van der Waals surface area contributed by atoms with E-state index in [0.29, 0.717) is 32.1 Å². The van der Waals surface area contributed by atoms with Crippen LogP contribution in [0.25, 0.3) is 0 Å². The average Bonchev–Trinajstić information content (AvgIpc) is 3.02. The van der Waals surface area contributed by atoms with E-state index in [1.807, 2.05) is 11.8 Å². The number of methoxy groups -OCH3 is 1. The van der Waals surface area contributed by atoms with Gasteiger partial charge >= 0.3 is 12.1 Å². The summed E-state index contributed by atoms with van der Waals surface area (Å²) >= 11 is 0. The van der Waals surface area contributed by atoms with Crippen molar-refractivity contribution in [1.29, 1.82) is 0 Å². The Kier molecular flexibility index (Phi) is 6.81. The van der Waals surface area contributed by atoms with E-state index in [2.05, 4.69) is 25.6 Å². The van der Waals surface area contributed by atoms with Crippen molar-refractivity contribution >= 4 is 17.9 Å². The summed E-state index contributed by atoms with van der Waals surface area (Å²) in [5.74, 6) is 0.184. The van der Waals surface area contributed by atoms with Crippen molar-refractivity contribution < 1.29 is 22.7 Å². The number of hydrogen-bond acceptors (Lipinski definition) is 6. The predicted octanol–water partition coefficient (Wildman–Crippen LogP) is 1.22. The molecule has 2 atom stereocenters. The van der Waals surface area contributed by atoms with Crippen molar-refractivity contribution in [3.8, 4) is 0 Å². The van der Waals surface area contributed by atoms with Gasteiger partial charge in [0, 0.05) is 39.4 Å². The van der Waals surface area contributed by atoms with Crippen LogP contribution in [0.5, 0.6) is 0 Å². The summed E-state index contributed by atoms with van der Waals surface area (Å²) in [6, 6.07) is 0.817. The summed E-state index contributed by atoms with van der Waals surface area (Å²) in [6.07, 6.45) is -3.45. The van der Waals surface area contributed by atoms with Gasteiger partial charge in [0.2, 0.25) is 5.95 Å². The van der Waals surface area contributed by atoms with Crippen LogP contribution in [0.2, 0.25) is 0 Å². The molecular weight excluding hydrogens is 365 g/mol. The first-order valence-corrected chi connectivity index (χ1v) is 8.43. The number of rotatable bonds is 5. The van der Waals surface area contributed by atoms with Crippen LogP contribution in [0.3, 0.4) is 0 Å². The van der Waals surface area contributed by atoms with Crippen molar-refractivity contribution in [3.05, 3.63) is 18.0 Å². The number of nitrogens with one attached hydrogen (secondary N) is 2. The Morgan fingerprint density at radius 2 is 2.15 bits per heavy atom. The summed E-state index contributed by atoms with van der Waals surface area (Å²) < 4.78 is 42.7. The molecule has 0 amide bonds. The molecule has 1 aromatic heterocycles. The zero-order chi connectivity index (χ0) is 20.0. The normalized spacial score (nSPS) is 20.5. The van der Waals surface area contributed by atoms with Gasteiger partial charge in [-0.2, -0.15) is 13.2 Å². The number of likely N-dealkylation sites (tertiary alicyclic amines) is 1. The van der Waals surface area contributed by atoms with Crippen molar-refractivity contribution in [1.82, 2.24) is 20.2 Å². The molecule has 0 radical (unpaired) electrons. The number of carbonyl (C=O) groups is 1. The van der Waals surface area contributed by atoms with Crippen LogP contribution in [0.4, 0.5) is 19.1 Å². The number of carbonyl (C=O) groups excluding carboxylic acids is 1. The van der Waals surface area contributed by atoms with E-state index in [1.165, 1.54) is 7.11 Å². The molecule has 150 valence electrons. The van der Waals surface area contributed by atoms with Crippen LogP contribution < -0.4 is 10.6 Å². The number of esters is 1. The SMILES string of the molecule is CN=C(NCCNc1nccc(C(F)(F)F)n1)N1CC(C)C(C(=O)OC)C1. The Balaban J connectivity index is 1.83. The van der Waals surface area contributed by atoms with E-state index in [0.717, 1.165) is 12.3 Å². The van der Waals surface area contributed by atoms with Crippen LogP contribution in [-0.4, -0.2) is 67.1 Å². The van der Waals surface area contributed by atoms with Crippen LogP contribution >= 0.6 is 0 Å². The molecule has 2 heterocycles. The number of nitrogens with zero attached hydrogens (tertiary/aromatic N) is 4. The number of aromatic nitrogens is 2. The van der Waals surface area contributed by atoms with Gasteiger partial charge in [-0.15, -0.1) is 0 Å². The minimum absolute atomic E-state index is 0.0952. The van der Waals surface area contributed by atoms with Crippen LogP contribution in [0.15, 0.2) is 17.3 Å². The molecule has 1 aromatic rings.